The van der Waals surface area contributed by atoms with Crippen LogP contribution in [0.4, 0.5) is 11.4 Å². The van der Waals surface area contributed by atoms with Crippen molar-refractivity contribution in [2.24, 2.45) is 7.05 Å². The van der Waals surface area contributed by atoms with Crippen molar-refractivity contribution in [3.05, 3.63) is 46.3 Å². The normalized spacial score (nSPS) is 10.1. The van der Waals surface area contributed by atoms with E-state index in [0.717, 1.165) is 0 Å². The Morgan fingerprint density at radius 1 is 1.50 bits per heavy atom. The van der Waals surface area contributed by atoms with Crippen molar-refractivity contribution in [2.75, 3.05) is 12.4 Å². The zero-order valence-electron chi connectivity index (χ0n) is 10.9. The lowest BCUT2D eigenvalue weighted by Gasteiger charge is -2.06. The van der Waals surface area contributed by atoms with Gasteiger partial charge >= 0.3 is 5.69 Å². The van der Waals surface area contributed by atoms with Crippen LogP contribution >= 0.6 is 0 Å². The van der Waals surface area contributed by atoms with E-state index >= 15 is 0 Å². The van der Waals surface area contributed by atoms with Crippen molar-refractivity contribution in [3.8, 4) is 5.75 Å². The number of nitro benzene ring substituents is 1. The Bertz CT molecular complexity index is 665. The number of hydrogen-bond donors (Lipinski definition) is 1. The number of amides is 1. The molecule has 0 atom stereocenters. The van der Waals surface area contributed by atoms with Crippen LogP contribution in [0.3, 0.4) is 0 Å². The molecule has 8 heteroatoms. The number of anilines is 1. The Kier molecular flexibility index (Phi) is 3.65. The van der Waals surface area contributed by atoms with Crippen molar-refractivity contribution in [2.45, 2.75) is 0 Å². The van der Waals surface area contributed by atoms with Gasteiger partial charge in [-0.05, 0) is 12.1 Å². The van der Waals surface area contributed by atoms with Gasteiger partial charge < -0.3 is 10.1 Å². The molecule has 0 aliphatic rings. The average molecular weight is 276 g/mol. The molecule has 0 unspecified atom stereocenters. The second-order valence-corrected chi connectivity index (χ2v) is 4.00. The predicted molar refractivity (Wildman–Crippen MR) is 70.8 cm³/mol. The number of nitro groups is 1. The summed E-state index contributed by atoms with van der Waals surface area (Å²) in [7, 11) is 3.03. The molecule has 1 amide bonds. The lowest BCUT2D eigenvalue weighted by atomic mass is 10.2. The van der Waals surface area contributed by atoms with Crippen LogP contribution in [0.5, 0.6) is 5.75 Å². The third-order valence-electron chi connectivity index (χ3n) is 2.60. The second-order valence-electron chi connectivity index (χ2n) is 4.00. The summed E-state index contributed by atoms with van der Waals surface area (Å²) >= 11 is 0. The summed E-state index contributed by atoms with van der Waals surface area (Å²) < 4.78 is 6.38. The molecule has 1 aromatic heterocycles. The number of hydrogen-bond acceptors (Lipinski definition) is 5. The number of aromatic nitrogens is 2. The molecule has 0 fully saturated rings. The fraction of sp³-hybridized carbons (Fsp3) is 0.167. The number of carbonyl (C=O) groups excluding carboxylic acids is 1. The highest BCUT2D eigenvalue weighted by Crippen LogP contribution is 2.29. The molecule has 8 nitrogen and oxygen atoms in total. The fourth-order valence-corrected chi connectivity index (χ4v) is 1.65. The smallest absolute Gasteiger partial charge is 0.312 e. The van der Waals surface area contributed by atoms with E-state index in [1.807, 2.05) is 0 Å². The predicted octanol–water partition coefficient (Wildman–Crippen LogP) is 1.59. The largest absolute Gasteiger partial charge is 0.490 e. The van der Waals surface area contributed by atoms with E-state index in [1.165, 1.54) is 36.2 Å². The molecule has 104 valence electrons. The van der Waals surface area contributed by atoms with Crippen LogP contribution in [0, 0.1) is 10.1 Å². The average Bonchev–Trinajstić information content (AvgIpc) is 2.85. The summed E-state index contributed by atoms with van der Waals surface area (Å²) in [6.07, 6.45) is 2.96. The molecule has 1 aromatic carbocycles. The minimum Gasteiger partial charge on any atom is -0.490 e. The van der Waals surface area contributed by atoms with Gasteiger partial charge in [0.25, 0.3) is 5.91 Å². The first-order valence-corrected chi connectivity index (χ1v) is 5.63. The molecule has 0 aliphatic carbocycles. The lowest BCUT2D eigenvalue weighted by Crippen LogP contribution is -2.11. The number of benzene rings is 1. The molecule has 2 rings (SSSR count). The number of carbonyl (C=O) groups is 1. The minimum absolute atomic E-state index is 0.134. The number of nitrogens with zero attached hydrogens (tertiary/aromatic N) is 3. The maximum Gasteiger partial charge on any atom is 0.312 e. The van der Waals surface area contributed by atoms with E-state index in [-0.39, 0.29) is 11.4 Å². The van der Waals surface area contributed by atoms with Crippen LogP contribution in [-0.2, 0) is 7.05 Å². The van der Waals surface area contributed by atoms with Crippen molar-refractivity contribution >= 4 is 17.3 Å². The Hall–Kier alpha value is -2.90. The first kappa shape index (κ1) is 13.5. The zero-order chi connectivity index (χ0) is 14.7. The third kappa shape index (κ3) is 2.74. The van der Waals surface area contributed by atoms with Crippen LogP contribution < -0.4 is 10.1 Å². The van der Waals surface area contributed by atoms with Crippen LogP contribution in [0.2, 0.25) is 0 Å². The van der Waals surface area contributed by atoms with E-state index in [9.17, 15) is 14.9 Å². The second kappa shape index (κ2) is 5.39. The molecule has 0 saturated heterocycles. The standard InChI is InChI=1S/C12H12N4O4/c1-15-7-8(6-13-15)12(17)14-9-3-4-11(20-2)10(5-9)16(18)19/h3-7H,1-2H3,(H,14,17). The molecule has 1 heterocycles. The van der Waals surface area contributed by atoms with Crippen molar-refractivity contribution in [1.82, 2.24) is 9.78 Å². The Labute approximate surface area is 114 Å². The Morgan fingerprint density at radius 2 is 2.25 bits per heavy atom. The van der Waals surface area contributed by atoms with Crippen LogP contribution in [0.15, 0.2) is 30.6 Å². The van der Waals surface area contributed by atoms with Gasteiger partial charge in [0.15, 0.2) is 5.75 Å². The van der Waals surface area contributed by atoms with Gasteiger partial charge in [-0.25, -0.2) is 0 Å². The van der Waals surface area contributed by atoms with Gasteiger partial charge in [0, 0.05) is 25.0 Å². The molecule has 2 aromatic rings. The number of ether oxygens (including phenoxy) is 1. The summed E-state index contributed by atoms with van der Waals surface area (Å²) in [5, 5.41) is 17.3. The first-order valence-electron chi connectivity index (χ1n) is 5.63. The maximum atomic E-state index is 11.9. The van der Waals surface area contributed by atoms with Crippen molar-refractivity contribution in [3.63, 3.8) is 0 Å². The summed E-state index contributed by atoms with van der Waals surface area (Å²) in [6.45, 7) is 0. The van der Waals surface area contributed by atoms with Gasteiger partial charge in [-0.1, -0.05) is 0 Å². The van der Waals surface area contributed by atoms with Gasteiger partial charge in [-0.15, -0.1) is 0 Å². The molecule has 0 spiro atoms. The van der Waals surface area contributed by atoms with Gasteiger partial charge in [-0.2, -0.15) is 5.10 Å². The van der Waals surface area contributed by atoms with E-state index in [2.05, 4.69) is 10.4 Å². The Balaban J connectivity index is 2.23. The summed E-state index contributed by atoms with van der Waals surface area (Å²) in [5.41, 5.74) is 0.466. The monoisotopic (exact) mass is 276 g/mol. The van der Waals surface area contributed by atoms with Crippen LogP contribution in [-0.4, -0.2) is 27.7 Å². The van der Waals surface area contributed by atoms with Gasteiger partial charge in [0.05, 0.1) is 23.8 Å². The van der Waals surface area contributed by atoms with Crippen molar-refractivity contribution < 1.29 is 14.5 Å². The summed E-state index contributed by atoms with van der Waals surface area (Å²) in [4.78, 5) is 22.2. The van der Waals surface area contributed by atoms with Crippen LogP contribution in [0.1, 0.15) is 10.4 Å². The van der Waals surface area contributed by atoms with Crippen LogP contribution in [0.25, 0.3) is 0 Å². The highest BCUT2D eigenvalue weighted by molar-refractivity contribution is 6.04. The highest BCUT2D eigenvalue weighted by atomic mass is 16.6. The third-order valence-corrected chi connectivity index (χ3v) is 2.60. The quantitative estimate of drug-likeness (QED) is 0.675. The number of rotatable bonds is 4. The number of methoxy groups -OCH3 is 1. The summed E-state index contributed by atoms with van der Waals surface area (Å²) in [5.74, 6) is -0.257. The minimum atomic E-state index is -0.571. The SMILES string of the molecule is COc1ccc(NC(=O)c2cnn(C)c2)cc1[N+](=O)[O-]. The molecule has 0 bridgehead atoms. The molecular formula is C12H12N4O4. The molecule has 0 aliphatic heterocycles. The number of nitrogens with one attached hydrogen (secondary N) is 1. The van der Waals surface area contributed by atoms with E-state index < -0.39 is 10.8 Å². The molecular weight excluding hydrogens is 264 g/mol. The highest BCUT2D eigenvalue weighted by Gasteiger charge is 2.16. The van der Waals surface area contributed by atoms with Gasteiger partial charge in [0.1, 0.15) is 0 Å². The molecule has 1 N–H and O–H groups in total. The van der Waals surface area contributed by atoms with Gasteiger partial charge in [-0.3, -0.25) is 19.6 Å². The molecule has 20 heavy (non-hydrogen) atoms. The number of aryl methyl sites for hydroxylation is 1. The molecule has 0 saturated carbocycles. The fourth-order valence-electron chi connectivity index (χ4n) is 1.65. The lowest BCUT2D eigenvalue weighted by molar-refractivity contribution is -0.385. The van der Waals surface area contributed by atoms with Crippen molar-refractivity contribution in [1.29, 1.82) is 0 Å². The van der Waals surface area contributed by atoms with E-state index in [0.29, 0.717) is 11.3 Å². The molecule has 0 radical (unpaired) electrons. The Morgan fingerprint density at radius 3 is 2.80 bits per heavy atom. The topological polar surface area (TPSA) is 99.3 Å². The van der Waals surface area contributed by atoms with E-state index in [1.54, 1.807) is 13.2 Å². The first-order chi connectivity index (χ1) is 9.51. The van der Waals surface area contributed by atoms with Gasteiger partial charge in [0.2, 0.25) is 0 Å². The summed E-state index contributed by atoms with van der Waals surface area (Å²) in [6, 6.07) is 4.20. The zero-order valence-corrected chi connectivity index (χ0v) is 10.9. The van der Waals surface area contributed by atoms with E-state index in [4.69, 9.17) is 4.74 Å². The maximum absolute atomic E-state index is 11.9.